The fraction of sp³-hybridized carbons (Fsp3) is 0.176. The van der Waals surface area contributed by atoms with Crippen molar-refractivity contribution < 1.29 is 9.26 Å². The number of ether oxygens (including phenoxy) is 1. The van der Waals surface area contributed by atoms with E-state index in [1.165, 1.54) is 0 Å². The highest BCUT2D eigenvalue weighted by atomic mass is 35.5. The van der Waals surface area contributed by atoms with Crippen molar-refractivity contribution in [3.05, 3.63) is 59.4 Å². The molecule has 23 heavy (non-hydrogen) atoms. The monoisotopic (exact) mass is 329 g/mol. The molecule has 2 N–H and O–H groups in total. The van der Waals surface area contributed by atoms with Crippen LogP contribution in [0.1, 0.15) is 19.7 Å². The molecule has 118 valence electrons. The van der Waals surface area contributed by atoms with Gasteiger partial charge >= 0.3 is 0 Å². The number of nitrogen functional groups attached to an aromatic ring is 1. The maximum atomic E-state index is 5.95. The van der Waals surface area contributed by atoms with E-state index in [2.05, 4.69) is 10.1 Å². The summed E-state index contributed by atoms with van der Waals surface area (Å²) in [7, 11) is 0. The first-order chi connectivity index (χ1) is 10.9. The summed E-state index contributed by atoms with van der Waals surface area (Å²) < 4.78 is 11.3. The number of halogens is 1. The minimum atomic E-state index is -0.746. The van der Waals surface area contributed by atoms with Crippen LogP contribution in [-0.2, 0) is 5.60 Å². The highest BCUT2D eigenvalue weighted by Crippen LogP contribution is 2.28. The molecule has 0 aliphatic rings. The van der Waals surface area contributed by atoms with E-state index < -0.39 is 5.60 Å². The molecule has 6 heteroatoms. The van der Waals surface area contributed by atoms with E-state index in [-0.39, 0.29) is 0 Å². The molecule has 0 spiro atoms. The van der Waals surface area contributed by atoms with Gasteiger partial charge in [0, 0.05) is 16.3 Å². The van der Waals surface area contributed by atoms with Crippen molar-refractivity contribution in [1.29, 1.82) is 0 Å². The van der Waals surface area contributed by atoms with Gasteiger partial charge in [-0.3, -0.25) is 0 Å². The largest absolute Gasteiger partial charge is 0.480 e. The lowest BCUT2D eigenvalue weighted by Crippen LogP contribution is -2.26. The summed E-state index contributed by atoms with van der Waals surface area (Å²) in [5.74, 6) is 1.56. The number of nitrogens with zero attached hydrogens (tertiary/aromatic N) is 2. The summed E-state index contributed by atoms with van der Waals surface area (Å²) >= 11 is 5.88. The van der Waals surface area contributed by atoms with Gasteiger partial charge < -0.3 is 15.0 Å². The first-order valence-corrected chi connectivity index (χ1v) is 7.46. The number of benzene rings is 2. The fourth-order valence-corrected chi connectivity index (χ4v) is 2.18. The van der Waals surface area contributed by atoms with Crippen LogP contribution in [0, 0.1) is 0 Å². The molecule has 0 atom stereocenters. The summed E-state index contributed by atoms with van der Waals surface area (Å²) in [5, 5.41) is 4.68. The molecule has 0 saturated carbocycles. The molecule has 1 heterocycles. The smallest absolute Gasteiger partial charge is 0.258 e. The zero-order chi connectivity index (χ0) is 16.4. The van der Waals surface area contributed by atoms with E-state index >= 15 is 0 Å². The van der Waals surface area contributed by atoms with Crippen LogP contribution in [0.25, 0.3) is 11.5 Å². The predicted octanol–water partition coefficient (Wildman–Crippen LogP) is 4.29. The van der Waals surface area contributed by atoms with E-state index in [1.807, 2.05) is 26.0 Å². The average molecular weight is 330 g/mol. The molecule has 0 bridgehead atoms. The minimum Gasteiger partial charge on any atom is -0.480 e. The van der Waals surface area contributed by atoms with Gasteiger partial charge in [0.25, 0.3) is 5.89 Å². The second kappa shape index (κ2) is 5.93. The zero-order valence-electron chi connectivity index (χ0n) is 12.8. The van der Waals surface area contributed by atoms with Gasteiger partial charge in [-0.05, 0) is 62.4 Å². The summed E-state index contributed by atoms with van der Waals surface area (Å²) in [6.45, 7) is 3.75. The van der Waals surface area contributed by atoms with Crippen LogP contribution in [-0.4, -0.2) is 10.1 Å². The van der Waals surface area contributed by atoms with Gasteiger partial charge in [0.05, 0.1) is 0 Å². The molecule has 0 fully saturated rings. The number of hydrogen-bond donors (Lipinski definition) is 1. The molecule has 0 saturated heterocycles. The topological polar surface area (TPSA) is 74.2 Å². The van der Waals surface area contributed by atoms with Crippen molar-refractivity contribution in [3.8, 4) is 17.2 Å². The molecule has 0 aliphatic carbocycles. The molecular weight excluding hydrogens is 314 g/mol. The Morgan fingerprint density at radius 2 is 1.70 bits per heavy atom. The normalized spacial score (nSPS) is 11.4. The molecule has 1 aromatic heterocycles. The van der Waals surface area contributed by atoms with Gasteiger partial charge in [0.2, 0.25) is 5.82 Å². The summed E-state index contributed by atoms with van der Waals surface area (Å²) in [4.78, 5) is 4.43. The lowest BCUT2D eigenvalue weighted by molar-refractivity contribution is 0.0954. The molecule has 3 rings (SSSR count). The van der Waals surface area contributed by atoms with Gasteiger partial charge in [-0.25, -0.2) is 0 Å². The van der Waals surface area contributed by atoms with Crippen LogP contribution in [0.15, 0.2) is 53.1 Å². The average Bonchev–Trinajstić information content (AvgIpc) is 3.01. The molecule has 5 nitrogen and oxygen atoms in total. The Labute approximate surface area is 139 Å². The quantitative estimate of drug-likeness (QED) is 0.723. The highest BCUT2D eigenvalue weighted by molar-refractivity contribution is 6.30. The maximum absolute atomic E-state index is 5.95. The Balaban J connectivity index is 1.83. The summed E-state index contributed by atoms with van der Waals surface area (Å²) in [6.07, 6.45) is 0. The Bertz CT molecular complexity index is 795. The van der Waals surface area contributed by atoms with Gasteiger partial charge in [0.15, 0.2) is 5.60 Å². The Morgan fingerprint density at radius 3 is 2.35 bits per heavy atom. The third-order valence-corrected chi connectivity index (χ3v) is 3.56. The van der Waals surface area contributed by atoms with Crippen molar-refractivity contribution in [2.24, 2.45) is 0 Å². The number of nitrogens with two attached hydrogens (primary N) is 1. The lowest BCUT2D eigenvalue weighted by atomic mass is 10.1. The first kappa shape index (κ1) is 15.4. The van der Waals surface area contributed by atoms with Crippen molar-refractivity contribution in [1.82, 2.24) is 10.1 Å². The van der Waals surface area contributed by atoms with E-state index in [0.29, 0.717) is 28.2 Å². The van der Waals surface area contributed by atoms with Crippen molar-refractivity contribution in [2.45, 2.75) is 19.4 Å². The van der Waals surface area contributed by atoms with Gasteiger partial charge in [-0.1, -0.05) is 16.8 Å². The van der Waals surface area contributed by atoms with E-state index in [0.717, 1.165) is 5.56 Å². The lowest BCUT2D eigenvalue weighted by Gasteiger charge is -2.22. The van der Waals surface area contributed by atoms with Crippen molar-refractivity contribution in [2.75, 3.05) is 5.73 Å². The molecule has 0 unspecified atom stereocenters. The second-order valence-electron chi connectivity index (χ2n) is 5.61. The molecule has 3 aromatic rings. The Hall–Kier alpha value is -2.53. The summed E-state index contributed by atoms with van der Waals surface area (Å²) in [6, 6.07) is 14.4. The number of hydrogen-bond acceptors (Lipinski definition) is 5. The molecule has 2 aromatic carbocycles. The molecular formula is C17H16ClN3O2. The van der Waals surface area contributed by atoms with E-state index in [4.69, 9.17) is 26.6 Å². The molecule has 0 radical (unpaired) electrons. The van der Waals surface area contributed by atoms with Crippen LogP contribution < -0.4 is 10.5 Å². The van der Waals surface area contributed by atoms with Crippen LogP contribution in [0.3, 0.4) is 0 Å². The third kappa shape index (κ3) is 3.46. The SMILES string of the molecule is CC(C)(Oc1ccc(N)cc1)c1noc(-c2ccc(Cl)cc2)n1. The number of aromatic nitrogens is 2. The summed E-state index contributed by atoms with van der Waals surface area (Å²) in [5.41, 5.74) is 6.41. The first-order valence-electron chi connectivity index (χ1n) is 7.09. The Morgan fingerprint density at radius 1 is 1.04 bits per heavy atom. The number of anilines is 1. The Kier molecular flexibility index (Phi) is 3.96. The second-order valence-corrected chi connectivity index (χ2v) is 6.05. The third-order valence-electron chi connectivity index (χ3n) is 3.31. The van der Waals surface area contributed by atoms with Gasteiger partial charge in [0.1, 0.15) is 5.75 Å². The van der Waals surface area contributed by atoms with Crippen molar-refractivity contribution >= 4 is 17.3 Å². The predicted molar refractivity (Wildman–Crippen MR) is 89.3 cm³/mol. The number of rotatable bonds is 4. The van der Waals surface area contributed by atoms with Crippen molar-refractivity contribution in [3.63, 3.8) is 0 Å². The molecule has 0 aliphatic heterocycles. The van der Waals surface area contributed by atoms with E-state index in [9.17, 15) is 0 Å². The van der Waals surface area contributed by atoms with Gasteiger partial charge in [-0.2, -0.15) is 4.98 Å². The van der Waals surface area contributed by atoms with E-state index in [1.54, 1.807) is 36.4 Å². The van der Waals surface area contributed by atoms with Crippen LogP contribution >= 0.6 is 11.6 Å². The van der Waals surface area contributed by atoms with Crippen LogP contribution in [0.2, 0.25) is 5.02 Å². The van der Waals surface area contributed by atoms with Crippen LogP contribution in [0.4, 0.5) is 5.69 Å². The zero-order valence-corrected chi connectivity index (χ0v) is 13.5. The highest BCUT2D eigenvalue weighted by Gasteiger charge is 2.29. The molecule has 0 amide bonds. The fourth-order valence-electron chi connectivity index (χ4n) is 2.05. The standard InChI is InChI=1S/C17H16ClN3O2/c1-17(2,22-14-9-7-13(19)8-10-14)16-20-15(23-21-16)11-3-5-12(18)6-4-11/h3-10H,19H2,1-2H3. The van der Waals surface area contributed by atoms with Crippen LogP contribution in [0.5, 0.6) is 5.75 Å². The maximum Gasteiger partial charge on any atom is 0.258 e. The minimum absolute atomic E-state index is 0.422. The van der Waals surface area contributed by atoms with Gasteiger partial charge in [-0.15, -0.1) is 0 Å².